The highest BCUT2D eigenvalue weighted by Gasteiger charge is 2.29. The van der Waals surface area contributed by atoms with E-state index in [4.69, 9.17) is 15.5 Å². The Morgan fingerprint density at radius 2 is 2.12 bits per heavy atom. The first kappa shape index (κ1) is 16.2. The number of terminal acetylenes is 1. The molecule has 0 heterocycles. The van der Waals surface area contributed by atoms with Crippen molar-refractivity contribution in [2.45, 2.75) is 32.8 Å². The van der Waals surface area contributed by atoms with E-state index in [1.807, 2.05) is 13.8 Å². The molecule has 0 aliphatic rings. The lowest BCUT2D eigenvalue weighted by Crippen LogP contribution is -2.28. The van der Waals surface area contributed by atoms with Crippen molar-refractivity contribution >= 4 is 8.25 Å². The van der Waals surface area contributed by atoms with Crippen molar-refractivity contribution < 1.29 is 13.6 Å². The van der Waals surface area contributed by atoms with Crippen molar-refractivity contribution in [2.24, 2.45) is 5.41 Å². The van der Waals surface area contributed by atoms with Crippen LogP contribution in [0.5, 0.6) is 0 Å². The molecule has 0 saturated heterocycles. The summed E-state index contributed by atoms with van der Waals surface area (Å²) < 4.78 is 22.0. The number of rotatable bonds is 9. The Bertz CT molecular complexity index is 315. The van der Waals surface area contributed by atoms with Gasteiger partial charge in [-0.2, -0.15) is 0 Å². The highest BCUT2D eigenvalue weighted by molar-refractivity contribution is 7.33. The van der Waals surface area contributed by atoms with E-state index in [0.717, 1.165) is 0 Å². The van der Waals surface area contributed by atoms with Gasteiger partial charge in [0.15, 0.2) is 0 Å². The maximum Gasteiger partial charge on any atom is 0.319 e. The molecule has 0 aromatic carbocycles. The Labute approximate surface area is 105 Å². The van der Waals surface area contributed by atoms with Crippen LogP contribution in [0.2, 0.25) is 0 Å². The second-order valence-corrected chi connectivity index (χ2v) is 5.20. The van der Waals surface area contributed by atoms with Gasteiger partial charge >= 0.3 is 8.25 Å². The zero-order valence-corrected chi connectivity index (χ0v) is 11.6. The minimum Gasteiger partial charge on any atom is -0.310 e. The molecule has 0 spiro atoms. The molecule has 0 aromatic heterocycles. The van der Waals surface area contributed by atoms with Crippen LogP contribution in [0.25, 0.3) is 0 Å². The molecule has 0 fully saturated rings. The summed E-state index contributed by atoms with van der Waals surface area (Å²) in [6, 6.07) is 0. The van der Waals surface area contributed by atoms with Crippen molar-refractivity contribution in [3.63, 3.8) is 0 Å². The summed E-state index contributed by atoms with van der Waals surface area (Å²) >= 11 is 0. The second kappa shape index (κ2) is 8.31. The molecule has 96 valence electrons. The zero-order chi connectivity index (χ0) is 13.3. The standard InChI is InChI=1S/C13H21O3P/c1-6-9-11-15-17(14)16-12(10-7-2)13(4,5)8-3/h3,6-7,12,17H,1-2,9-11H2,4-5H3. The van der Waals surface area contributed by atoms with Crippen LogP contribution in [0.4, 0.5) is 0 Å². The van der Waals surface area contributed by atoms with Crippen LogP contribution in [0, 0.1) is 17.8 Å². The van der Waals surface area contributed by atoms with Crippen molar-refractivity contribution in [3.8, 4) is 12.3 Å². The van der Waals surface area contributed by atoms with Crippen molar-refractivity contribution in [2.75, 3.05) is 6.61 Å². The Hall–Kier alpha value is -0.810. The molecule has 3 nitrogen and oxygen atoms in total. The molecule has 0 aromatic rings. The predicted molar refractivity (Wildman–Crippen MR) is 72.1 cm³/mol. The summed E-state index contributed by atoms with van der Waals surface area (Å²) in [5, 5.41) is 0. The molecule has 2 atom stereocenters. The predicted octanol–water partition coefficient (Wildman–Crippen LogP) is 3.59. The van der Waals surface area contributed by atoms with Gasteiger partial charge in [-0.05, 0) is 26.7 Å². The number of hydrogen-bond acceptors (Lipinski definition) is 3. The molecule has 0 N–H and O–H groups in total. The van der Waals surface area contributed by atoms with E-state index in [0.29, 0.717) is 19.4 Å². The van der Waals surface area contributed by atoms with Gasteiger partial charge in [0, 0.05) is 0 Å². The van der Waals surface area contributed by atoms with Gasteiger partial charge in [0.05, 0.1) is 18.1 Å². The Balaban J connectivity index is 4.35. The fourth-order valence-electron chi connectivity index (χ4n) is 1.11. The third-order valence-electron chi connectivity index (χ3n) is 2.34. The Morgan fingerprint density at radius 1 is 1.47 bits per heavy atom. The summed E-state index contributed by atoms with van der Waals surface area (Å²) in [5.41, 5.74) is -0.504. The van der Waals surface area contributed by atoms with E-state index in [9.17, 15) is 4.57 Å². The molecular weight excluding hydrogens is 235 g/mol. The molecule has 0 aliphatic heterocycles. The lowest BCUT2D eigenvalue weighted by molar-refractivity contribution is 0.0987. The molecule has 17 heavy (non-hydrogen) atoms. The average Bonchev–Trinajstić information content (AvgIpc) is 2.29. The van der Waals surface area contributed by atoms with Crippen LogP contribution >= 0.6 is 8.25 Å². The van der Waals surface area contributed by atoms with E-state index in [-0.39, 0.29) is 6.10 Å². The van der Waals surface area contributed by atoms with Gasteiger partial charge in [0.2, 0.25) is 0 Å². The van der Waals surface area contributed by atoms with Crippen LogP contribution in [0.1, 0.15) is 26.7 Å². The lowest BCUT2D eigenvalue weighted by atomic mass is 9.86. The van der Waals surface area contributed by atoms with Crippen LogP contribution in [-0.4, -0.2) is 12.7 Å². The summed E-state index contributed by atoms with van der Waals surface area (Å²) in [5.74, 6) is 2.63. The summed E-state index contributed by atoms with van der Waals surface area (Å²) in [6.45, 7) is 11.3. The lowest BCUT2D eigenvalue weighted by Gasteiger charge is -2.28. The third-order valence-corrected chi connectivity index (χ3v) is 3.25. The highest BCUT2D eigenvalue weighted by atomic mass is 31.1. The van der Waals surface area contributed by atoms with Gasteiger partial charge in [0.25, 0.3) is 0 Å². The van der Waals surface area contributed by atoms with Crippen LogP contribution in [0.3, 0.4) is 0 Å². The fourth-order valence-corrected chi connectivity index (χ4v) is 2.09. The monoisotopic (exact) mass is 256 g/mol. The first-order valence-corrected chi connectivity index (χ1v) is 6.73. The maximum atomic E-state index is 11.6. The van der Waals surface area contributed by atoms with E-state index < -0.39 is 13.7 Å². The molecule has 0 saturated carbocycles. The molecule has 0 bridgehead atoms. The van der Waals surface area contributed by atoms with Crippen LogP contribution < -0.4 is 0 Å². The van der Waals surface area contributed by atoms with Crippen LogP contribution in [-0.2, 0) is 13.6 Å². The summed E-state index contributed by atoms with van der Waals surface area (Å²) in [4.78, 5) is 0. The normalized spacial score (nSPS) is 14.6. The van der Waals surface area contributed by atoms with Crippen LogP contribution in [0.15, 0.2) is 25.3 Å². The molecule has 4 heteroatoms. The van der Waals surface area contributed by atoms with E-state index in [1.165, 1.54) is 0 Å². The Morgan fingerprint density at radius 3 is 2.59 bits per heavy atom. The first-order valence-electron chi connectivity index (χ1n) is 5.51. The van der Waals surface area contributed by atoms with Crippen molar-refractivity contribution in [3.05, 3.63) is 25.3 Å². The second-order valence-electron chi connectivity index (χ2n) is 4.17. The highest BCUT2D eigenvalue weighted by Crippen LogP contribution is 2.35. The summed E-state index contributed by atoms with van der Waals surface area (Å²) in [7, 11) is -2.52. The molecule has 0 aliphatic carbocycles. The smallest absolute Gasteiger partial charge is 0.310 e. The first-order chi connectivity index (χ1) is 7.97. The van der Waals surface area contributed by atoms with E-state index in [1.54, 1.807) is 12.2 Å². The minimum atomic E-state index is -2.52. The topological polar surface area (TPSA) is 35.5 Å². The molecule has 2 unspecified atom stereocenters. The molecule has 0 rings (SSSR count). The van der Waals surface area contributed by atoms with Gasteiger partial charge < -0.3 is 9.05 Å². The largest absolute Gasteiger partial charge is 0.319 e. The summed E-state index contributed by atoms with van der Waals surface area (Å²) in [6.07, 6.45) is 9.66. The molecule has 0 radical (unpaired) electrons. The third kappa shape index (κ3) is 6.48. The quantitative estimate of drug-likeness (QED) is 0.274. The SMILES string of the molecule is C#CC(C)(C)C(CC=C)O[PH](=O)OCCC=C. The van der Waals surface area contributed by atoms with Crippen molar-refractivity contribution in [1.82, 2.24) is 0 Å². The Kier molecular flexibility index (Phi) is 7.91. The van der Waals surface area contributed by atoms with Gasteiger partial charge in [-0.15, -0.1) is 19.6 Å². The van der Waals surface area contributed by atoms with Crippen molar-refractivity contribution in [1.29, 1.82) is 0 Å². The van der Waals surface area contributed by atoms with E-state index in [2.05, 4.69) is 19.1 Å². The van der Waals surface area contributed by atoms with Gasteiger partial charge in [-0.3, -0.25) is 4.57 Å². The van der Waals surface area contributed by atoms with Gasteiger partial charge in [-0.1, -0.05) is 18.1 Å². The number of hydrogen-bond donors (Lipinski definition) is 0. The fraction of sp³-hybridized carbons (Fsp3) is 0.538. The maximum absolute atomic E-state index is 11.6. The molecular formula is C13H21O3P. The van der Waals surface area contributed by atoms with E-state index >= 15 is 0 Å². The van der Waals surface area contributed by atoms with Gasteiger partial charge in [-0.25, -0.2) is 0 Å². The molecule has 0 amide bonds. The minimum absolute atomic E-state index is 0.346. The van der Waals surface area contributed by atoms with Gasteiger partial charge in [0.1, 0.15) is 0 Å². The zero-order valence-electron chi connectivity index (χ0n) is 10.6. The average molecular weight is 256 g/mol.